The molecule has 0 spiro atoms. The van der Waals surface area contributed by atoms with E-state index in [1.54, 1.807) is 4.90 Å². The summed E-state index contributed by atoms with van der Waals surface area (Å²) in [4.78, 5) is 27.2. The van der Waals surface area contributed by atoms with Gasteiger partial charge in [-0.3, -0.25) is 9.20 Å². The highest BCUT2D eigenvalue weighted by Gasteiger charge is 2.37. The fourth-order valence-electron chi connectivity index (χ4n) is 4.33. The molecule has 0 bridgehead atoms. The molecule has 0 amide bonds. The topological polar surface area (TPSA) is 122 Å². The van der Waals surface area contributed by atoms with Crippen LogP contribution in [0.15, 0.2) is 9.59 Å². The van der Waals surface area contributed by atoms with E-state index in [1.165, 1.54) is 14.0 Å². The first-order valence-electron chi connectivity index (χ1n) is 9.68. The van der Waals surface area contributed by atoms with Crippen LogP contribution in [-0.2, 0) is 0 Å². The highest BCUT2D eigenvalue weighted by molar-refractivity contribution is 5.79. The largest absolute Gasteiger partial charge is 0.492 e. The van der Waals surface area contributed by atoms with Crippen LogP contribution in [0, 0.1) is 18.7 Å². The number of aromatic nitrogens is 2. The summed E-state index contributed by atoms with van der Waals surface area (Å²) in [5, 5.41) is 19.2. The minimum Gasteiger partial charge on any atom is -0.492 e. The van der Waals surface area contributed by atoms with Crippen LogP contribution in [-0.4, -0.2) is 52.2 Å². The molecule has 29 heavy (non-hydrogen) atoms. The Morgan fingerprint density at radius 2 is 2.00 bits per heavy atom. The highest BCUT2D eigenvalue weighted by atomic mass is 19.1. The molecule has 1 aliphatic carbocycles. The molecule has 2 unspecified atom stereocenters. The molecule has 10 heteroatoms. The van der Waals surface area contributed by atoms with Gasteiger partial charge >= 0.3 is 5.69 Å². The minimum absolute atomic E-state index is 0.0352. The van der Waals surface area contributed by atoms with Crippen LogP contribution in [0.4, 0.5) is 10.1 Å². The quantitative estimate of drug-likeness (QED) is 0.580. The Kier molecular flexibility index (Phi) is 4.78. The molecule has 9 nitrogen and oxygen atoms in total. The number of aryl methyl sites for hydroxylation is 1. The van der Waals surface area contributed by atoms with Crippen molar-refractivity contribution in [3.8, 4) is 5.75 Å². The highest BCUT2D eigenvalue weighted by Crippen LogP contribution is 2.46. The molecular formula is C19H25FN4O5. The number of fused-ring (bicyclic) bond motifs is 1. The second-order valence-electron chi connectivity index (χ2n) is 7.86. The summed E-state index contributed by atoms with van der Waals surface area (Å²) in [5.74, 6) is 4.90. The average Bonchev–Trinajstić information content (AvgIpc) is 3.43. The predicted molar refractivity (Wildman–Crippen MR) is 105 cm³/mol. The Hall–Kier alpha value is -2.59. The standard InChI is InChI=1S/C19H25FN4O5/c1-9-14(20)16(22-6-5-11(7-22)12(26)8-25)17(29-2)15-13(10-3-4-10)18(27)24(21)19(28)23(9)15/h10-12,25-26H,3-8,21H2,1-2H3. The molecule has 2 aromatic heterocycles. The molecule has 1 saturated carbocycles. The first kappa shape index (κ1) is 19.7. The first-order valence-corrected chi connectivity index (χ1v) is 9.68. The van der Waals surface area contributed by atoms with E-state index in [-0.39, 0.29) is 41.1 Å². The fraction of sp³-hybridized carbons (Fsp3) is 0.579. The lowest BCUT2D eigenvalue weighted by Gasteiger charge is -2.26. The Bertz CT molecular complexity index is 1090. The van der Waals surface area contributed by atoms with Crippen LogP contribution in [0.3, 0.4) is 0 Å². The monoisotopic (exact) mass is 408 g/mol. The summed E-state index contributed by atoms with van der Waals surface area (Å²) < 4.78 is 22.7. The van der Waals surface area contributed by atoms with Crippen molar-refractivity contribution < 1.29 is 19.3 Å². The molecule has 3 heterocycles. The number of anilines is 1. The van der Waals surface area contributed by atoms with Crippen molar-refractivity contribution in [2.24, 2.45) is 5.92 Å². The Morgan fingerprint density at radius 1 is 1.31 bits per heavy atom. The lowest BCUT2D eigenvalue weighted by Crippen LogP contribution is -2.45. The van der Waals surface area contributed by atoms with E-state index in [2.05, 4.69) is 0 Å². The number of hydrogen-bond acceptors (Lipinski definition) is 7. The van der Waals surface area contributed by atoms with E-state index in [4.69, 9.17) is 10.6 Å². The second kappa shape index (κ2) is 7.03. The number of halogens is 1. The van der Waals surface area contributed by atoms with Gasteiger partial charge in [-0.25, -0.2) is 9.18 Å². The molecule has 1 aliphatic heterocycles. The lowest BCUT2D eigenvalue weighted by molar-refractivity contribution is 0.0545. The van der Waals surface area contributed by atoms with Crippen LogP contribution in [0.5, 0.6) is 5.75 Å². The number of rotatable bonds is 5. The zero-order chi connectivity index (χ0) is 21.0. The molecule has 2 aliphatic rings. The van der Waals surface area contributed by atoms with E-state index < -0.39 is 23.2 Å². The molecule has 158 valence electrons. The van der Waals surface area contributed by atoms with E-state index >= 15 is 4.39 Å². The molecule has 2 aromatic rings. The van der Waals surface area contributed by atoms with Gasteiger partial charge in [-0.05, 0) is 32.1 Å². The summed E-state index contributed by atoms with van der Waals surface area (Å²) in [7, 11) is 1.37. The normalized spacial score (nSPS) is 20.4. The van der Waals surface area contributed by atoms with Crippen LogP contribution in [0.1, 0.15) is 36.4 Å². The van der Waals surface area contributed by atoms with Gasteiger partial charge in [0.15, 0.2) is 11.6 Å². The average molecular weight is 408 g/mol. The zero-order valence-corrected chi connectivity index (χ0v) is 16.4. The third-order valence-corrected chi connectivity index (χ3v) is 6.08. The van der Waals surface area contributed by atoms with Gasteiger partial charge in [0.2, 0.25) is 0 Å². The van der Waals surface area contributed by atoms with Gasteiger partial charge in [0.25, 0.3) is 5.56 Å². The van der Waals surface area contributed by atoms with Crippen LogP contribution in [0.2, 0.25) is 0 Å². The predicted octanol–water partition coefficient (Wildman–Crippen LogP) is -0.312. The molecule has 2 fully saturated rings. The number of hydrogen-bond donors (Lipinski definition) is 3. The Morgan fingerprint density at radius 3 is 2.59 bits per heavy atom. The van der Waals surface area contributed by atoms with Crippen LogP contribution in [0.25, 0.3) is 5.52 Å². The van der Waals surface area contributed by atoms with Gasteiger partial charge in [-0.15, -0.1) is 0 Å². The van der Waals surface area contributed by atoms with Gasteiger partial charge in [0, 0.05) is 19.0 Å². The number of nitrogen functional groups attached to an aromatic ring is 1. The molecule has 4 N–H and O–H groups in total. The van der Waals surface area contributed by atoms with Crippen LogP contribution < -0.4 is 26.7 Å². The number of ether oxygens (including phenoxy) is 1. The summed E-state index contributed by atoms with van der Waals surface area (Å²) in [6.07, 6.45) is 1.24. The van der Waals surface area contributed by atoms with Crippen molar-refractivity contribution in [1.29, 1.82) is 0 Å². The Labute approximate surface area is 165 Å². The molecule has 2 atom stereocenters. The van der Waals surface area contributed by atoms with E-state index in [0.29, 0.717) is 29.7 Å². The van der Waals surface area contributed by atoms with E-state index in [1.807, 2.05) is 0 Å². The van der Waals surface area contributed by atoms with Gasteiger partial charge in [-0.2, -0.15) is 4.68 Å². The molecular weight excluding hydrogens is 383 g/mol. The van der Waals surface area contributed by atoms with E-state index in [9.17, 15) is 19.8 Å². The second-order valence-corrected chi connectivity index (χ2v) is 7.86. The minimum atomic E-state index is -0.898. The Balaban J connectivity index is 2.01. The summed E-state index contributed by atoms with van der Waals surface area (Å²) in [5.41, 5.74) is -0.610. The lowest BCUT2D eigenvalue weighted by atomic mass is 10.0. The maximum absolute atomic E-state index is 15.5. The SMILES string of the molecule is COc1c(N2CCC(C(O)CO)C2)c(F)c(C)n2c(=O)n(N)c(=O)c(C3CC3)c12. The smallest absolute Gasteiger partial charge is 0.354 e. The maximum Gasteiger partial charge on any atom is 0.354 e. The van der Waals surface area contributed by atoms with Crippen molar-refractivity contribution in [2.75, 3.05) is 37.5 Å². The summed E-state index contributed by atoms with van der Waals surface area (Å²) in [6.45, 7) is 1.86. The number of methoxy groups -OCH3 is 1. The summed E-state index contributed by atoms with van der Waals surface area (Å²) >= 11 is 0. The van der Waals surface area contributed by atoms with E-state index in [0.717, 1.165) is 17.2 Å². The molecule has 4 rings (SSSR count). The van der Waals surface area contributed by atoms with Crippen molar-refractivity contribution in [2.45, 2.75) is 38.2 Å². The van der Waals surface area contributed by atoms with Gasteiger partial charge < -0.3 is 25.7 Å². The number of aliphatic hydroxyl groups is 2. The van der Waals surface area contributed by atoms with Gasteiger partial charge in [-0.1, -0.05) is 0 Å². The number of nitrogens with two attached hydrogens (primary N) is 1. The number of aliphatic hydroxyl groups excluding tert-OH is 2. The third kappa shape index (κ3) is 2.89. The molecule has 0 radical (unpaired) electrons. The van der Waals surface area contributed by atoms with Gasteiger partial charge in [0.05, 0.1) is 31.1 Å². The van der Waals surface area contributed by atoms with Crippen LogP contribution >= 0.6 is 0 Å². The molecule has 0 aromatic carbocycles. The zero-order valence-electron chi connectivity index (χ0n) is 16.4. The van der Waals surface area contributed by atoms with Crippen molar-refractivity contribution >= 4 is 11.2 Å². The first-order chi connectivity index (χ1) is 13.8. The van der Waals surface area contributed by atoms with Crippen molar-refractivity contribution in [3.05, 3.63) is 37.9 Å². The maximum atomic E-state index is 15.5. The van der Waals surface area contributed by atoms with Crippen molar-refractivity contribution in [1.82, 2.24) is 9.08 Å². The van der Waals surface area contributed by atoms with Gasteiger partial charge in [0.1, 0.15) is 11.2 Å². The molecule has 1 saturated heterocycles. The third-order valence-electron chi connectivity index (χ3n) is 6.08. The number of pyridine rings is 1. The summed E-state index contributed by atoms with van der Waals surface area (Å²) in [6, 6.07) is 0. The van der Waals surface area contributed by atoms with Crippen molar-refractivity contribution in [3.63, 3.8) is 0 Å². The fourth-order valence-corrected chi connectivity index (χ4v) is 4.33. The number of nitrogens with zero attached hydrogens (tertiary/aromatic N) is 3.